The van der Waals surface area contributed by atoms with Crippen LogP contribution in [0, 0.1) is 13.2 Å². The summed E-state index contributed by atoms with van der Waals surface area (Å²) >= 11 is 0. The van der Waals surface area contributed by atoms with Crippen molar-refractivity contribution in [2.75, 3.05) is 26.2 Å². The van der Waals surface area contributed by atoms with Crippen molar-refractivity contribution in [3.8, 4) is 0 Å². The van der Waals surface area contributed by atoms with Gasteiger partial charge in [-0.15, -0.1) is 0 Å². The van der Waals surface area contributed by atoms with Gasteiger partial charge in [-0.1, -0.05) is 77.0 Å². The van der Waals surface area contributed by atoms with Crippen molar-refractivity contribution in [3.63, 3.8) is 0 Å². The van der Waals surface area contributed by atoms with E-state index in [9.17, 15) is 19.2 Å². The molecule has 0 aromatic carbocycles. The molecule has 0 heterocycles. The predicted molar refractivity (Wildman–Crippen MR) is 151 cm³/mol. The second-order valence-electron chi connectivity index (χ2n) is 9.77. The number of allylic oxidation sites excluding steroid dienone is 2. The van der Waals surface area contributed by atoms with Crippen LogP contribution in [0.2, 0.25) is 0 Å². The first-order valence-electron chi connectivity index (χ1n) is 14.5. The van der Waals surface area contributed by atoms with Crippen LogP contribution < -0.4 is 10.6 Å². The third kappa shape index (κ3) is 26.4. The number of carbonyl (C=O) groups excluding carboxylic acids is 3. The molecule has 0 aliphatic rings. The minimum atomic E-state index is -1.03. The minimum absolute atomic E-state index is 0. The molecular formula is C30H51N3O5Rf2-2. The summed E-state index contributed by atoms with van der Waals surface area (Å²) in [6, 6.07) is 0. The fraction of sp³-hybridized carbons (Fsp3) is 0.733. The summed E-state index contributed by atoms with van der Waals surface area (Å²) in [7, 11) is 0. The molecule has 10 heteroatoms. The zero-order valence-corrected chi connectivity index (χ0v) is 37.6. The van der Waals surface area contributed by atoms with Crippen molar-refractivity contribution in [2.45, 2.75) is 116 Å². The predicted octanol–water partition coefficient (Wildman–Crippen LogP) is 5.13. The summed E-state index contributed by atoms with van der Waals surface area (Å²) < 4.78 is 0. The molecule has 0 aromatic heterocycles. The minimum Gasteiger partial charge on any atom is -0.518 e. The molecule has 0 radical (unpaired) electrons. The van der Waals surface area contributed by atoms with Gasteiger partial charge in [-0.2, -0.15) is 0 Å². The van der Waals surface area contributed by atoms with Crippen LogP contribution in [0.3, 0.4) is 0 Å². The van der Waals surface area contributed by atoms with E-state index < -0.39 is 5.97 Å². The first-order valence-corrected chi connectivity index (χ1v) is 14.5. The first kappa shape index (κ1) is 39.9. The Labute approximate surface area is 230 Å². The molecule has 0 bridgehead atoms. The van der Waals surface area contributed by atoms with Gasteiger partial charge in [-0.25, -0.2) is 0 Å². The van der Waals surface area contributed by atoms with Gasteiger partial charge < -0.3 is 33.8 Å². The number of hydrogen-bond acceptors (Lipinski definition) is 4. The molecule has 0 spiro atoms. The van der Waals surface area contributed by atoms with Gasteiger partial charge in [0.25, 0.3) is 0 Å². The van der Waals surface area contributed by atoms with E-state index >= 15 is 0 Å². The van der Waals surface area contributed by atoms with E-state index in [2.05, 4.69) is 10.6 Å². The molecule has 0 atom stereocenters. The van der Waals surface area contributed by atoms with Gasteiger partial charge in [0.05, 0.1) is 6.42 Å². The second-order valence-corrected chi connectivity index (χ2v) is 9.77. The summed E-state index contributed by atoms with van der Waals surface area (Å²) in [6.45, 7) is 11.9. The quantitative estimate of drug-likeness (QED) is 0.0781. The van der Waals surface area contributed by atoms with Crippen molar-refractivity contribution >= 4 is 23.7 Å². The molecule has 222 valence electrons. The summed E-state index contributed by atoms with van der Waals surface area (Å²) in [5.74, 6) is -1.43. The average Bonchev–Trinajstić information content (AvgIpc) is 2.89. The Bertz CT molecular complexity index is 650. The molecule has 40 heavy (non-hydrogen) atoms. The molecule has 0 aromatic rings. The summed E-state index contributed by atoms with van der Waals surface area (Å²) in [6.07, 6.45) is 18.5. The molecule has 0 unspecified atom stereocenters. The fourth-order valence-corrected chi connectivity index (χ4v) is 4.08. The second kappa shape index (κ2) is 28.9. The van der Waals surface area contributed by atoms with Crippen LogP contribution in [0.25, 0.3) is 0 Å². The molecule has 0 saturated carbocycles. The van der Waals surface area contributed by atoms with Crippen molar-refractivity contribution in [2.24, 2.45) is 0 Å². The molecule has 0 aliphatic heterocycles. The van der Waals surface area contributed by atoms with E-state index in [0.29, 0.717) is 25.9 Å². The standard InChI is InChI=1S/C30H51N3O5.2Rf/c1-3-5-7-9-11-13-15-17-19-27(34)31-23-25-33(29(36)21-22-30(37)38)26-24-32-28(35)20-18-16-14-12-10-8-6-4-2;;/h1-4H,5-26H2,(H,31,34)(H,32,35)(H,37,38);;/q-2;;. The number of aliphatic carboxylic acids is 1. The molecule has 3 amide bonds. The van der Waals surface area contributed by atoms with Gasteiger partial charge in [0.2, 0.25) is 17.7 Å². The Kier molecular flexibility index (Phi) is 28.8. The van der Waals surface area contributed by atoms with Crippen molar-refractivity contribution in [1.29, 1.82) is 0 Å². The van der Waals surface area contributed by atoms with Gasteiger partial charge in [0, 0.05) is 45.4 Å². The molecule has 0 rings (SSSR count). The van der Waals surface area contributed by atoms with Crippen molar-refractivity contribution < 1.29 is 24.3 Å². The Morgan fingerprint density at radius 3 is 1.32 bits per heavy atom. The number of rotatable bonds is 27. The normalized spacial score (nSPS) is 10.0. The number of carboxylic acid groups (broad SMARTS) is 1. The maximum Gasteiger partial charge on any atom is 0.303 e. The van der Waals surface area contributed by atoms with Crippen LogP contribution in [0.4, 0.5) is 0 Å². The molecule has 0 aliphatic carbocycles. The van der Waals surface area contributed by atoms with Gasteiger partial charge in [-0.05, 0) is 12.8 Å². The number of carbonyl (C=O) groups is 4. The maximum absolute atomic E-state index is 12.5. The van der Waals surface area contributed by atoms with Crippen LogP contribution in [0.1, 0.15) is 116 Å². The molecule has 3 N–H and O–H groups in total. The van der Waals surface area contributed by atoms with Gasteiger partial charge in [-0.3, -0.25) is 31.3 Å². The maximum atomic E-state index is 12.5. The third-order valence-electron chi connectivity index (χ3n) is 6.36. The van der Waals surface area contributed by atoms with E-state index in [1.807, 2.05) is 0 Å². The topological polar surface area (TPSA) is 116 Å². The van der Waals surface area contributed by atoms with Gasteiger partial charge in [0.15, 0.2) is 0 Å². The fourth-order valence-electron chi connectivity index (χ4n) is 4.08. The summed E-state index contributed by atoms with van der Waals surface area (Å²) in [4.78, 5) is 49.1. The van der Waals surface area contributed by atoms with E-state index in [1.165, 1.54) is 4.90 Å². The van der Waals surface area contributed by atoms with Crippen molar-refractivity contribution in [3.05, 3.63) is 25.3 Å². The van der Waals surface area contributed by atoms with Crippen molar-refractivity contribution in [1.82, 2.24) is 15.5 Å². The number of carboxylic acids is 1. The van der Waals surface area contributed by atoms with Crippen LogP contribution in [0.15, 0.2) is 12.2 Å². The Hall–Kier alpha value is -4.64. The van der Waals surface area contributed by atoms with Crippen LogP contribution in [0.5, 0.6) is 0 Å². The number of nitrogens with one attached hydrogen (secondary N) is 2. The van der Waals surface area contributed by atoms with E-state index in [-0.39, 0.29) is 43.7 Å². The SMILES string of the molecule is [CH-]=CCCCCCCCCC(=O)NCCN(CCNC(=O)CCCCCCCCC=[CH-])C(=O)CCC(=O)O.[Rf].[Rf]. The summed E-state index contributed by atoms with van der Waals surface area (Å²) in [5.41, 5.74) is 0. The largest absolute Gasteiger partial charge is 0.518 e. The van der Waals surface area contributed by atoms with Crippen LogP contribution in [-0.4, -0.2) is 59.9 Å². The van der Waals surface area contributed by atoms with Crippen LogP contribution >= 0.6 is 0 Å². The molecule has 8 nitrogen and oxygen atoms in total. The molecular weight excluding hydrogens is 1020 g/mol. The number of unbranched alkanes of at least 4 members (excludes halogenated alkanes) is 12. The number of hydrogen-bond donors (Lipinski definition) is 3. The third-order valence-corrected chi connectivity index (χ3v) is 6.36. The molecule has 0 fully saturated rings. The first-order chi connectivity index (χ1) is 18.4. The number of amides is 3. The van der Waals surface area contributed by atoms with E-state index in [1.54, 1.807) is 12.2 Å². The summed E-state index contributed by atoms with van der Waals surface area (Å²) in [5, 5.41) is 14.6. The Morgan fingerprint density at radius 1 is 0.575 bits per heavy atom. The average molecular weight is 1070 g/mol. The zero-order chi connectivity index (χ0) is 28.3. The van der Waals surface area contributed by atoms with E-state index in [4.69, 9.17) is 18.3 Å². The Morgan fingerprint density at radius 2 is 0.950 bits per heavy atom. The van der Waals surface area contributed by atoms with Crippen LogP contribution in [-0.2, 0) is 19.2 Å². The van der Waals surface area contributed by atoms with Gasteiger partial charge in [0.1, 0.15) is 0 Å². The smallest absolute Gasteiger partial charge is 0.303 e. The monoisotopic (exact) mass is 1070 g/mol. The molecule has 0 saturated heterocycles. The number of nitrogens with zero attached hydrogens (tertiary/aromatic N) is 1. The van der Waals surface area contributed by atoms with Gasteiger partial charge >= 0.3 is 5.97 Å². The zero-order valence-electron chi connectivity index (χ0n) is 24.8. The van der Waals surface area contributed by atoms with E-state index in [0.717, 1.165) is 89.9 Å². The Balaban J connectivity index is -0.00000684.